The molecule has 0 spiro atoms. The zero-order chi connectivity index (χ0) is 8.55. The Morgan fingerprint density at radius 3 is 2.92 bits per heavy atom. The summed E-state index contributed by atoms with van der Waals surface area (Å²) in [4.78, 5) is 0. The van der Waals surface area contributed by atoms with Crippen LogP contribution in [0.1, 0.15) is 30.5 Å². The number of aryl methyl sites for hydroxylation is 1. The second-order valence-corrected chi connectivity index (χ2v) is 3.44. The summed E-state index contributed by atoms with van der Waals surface area (Å²) in [5, 5.41) is 0. The van der Waals surface area contributed by atoms with E-state index < -0.39 is 0 Å². The lowest BCUT2D eigenvalue weighted by Crippen LogP contribution is -1.86. The predicted octanol–water partition coefficient (Wildman–Crippen LogP) is 3.21. The first-order chi connectivity index (χ1) is 5.81. The smallest absolute Gasteiger partial charge is 0.00855 e. The molecule has 62 valence electrons. The van der Waals surface area contributed by atoms with Crippen LogP contribution in [0.5, 0.6) is 0 Å². The van der Waals surface area contributed by atoms with Gasteiger partial charge >= 0.3 is 0 Å². The third-order valence-electron chi connectivity index (χ3n) is 2.64. The average molecular weight is 158 g/mol. The highest BCUT2D eigenvalue weighted by molar-refractivity contribution is 5.71. The molecule has 0 saturated heterocycles. The van der Waals surface area contributed by atoms with Gasteiger partial charge in [-0.3, -0.25) is 0 Å². The highest BCUT2D eigenvalue weighted by Gasteiger charge is 2.09. The fraction of sp³-hybridized carbons (Fsp3) is 0.333. The van der Waals surface area contributed by atoms with Gasteiger partial charge in [0.05, 0.1) is 0 Å². The van der Waals surface area contributed by atoms with E-state index in [1.807, 2.05) is 0 Å². The number of allylic oxidation sites excluding steroid dienone is 2. The predicted molar refractivity (Wildman–Crippen MR) is 53.2 cm³/mol. The maximum absolute atomic E-state index is 2.33. The van der Waals surface area contributed by atoms with Crippen LogP contribution < -0.4 is 0 Å². The molecule has 0 heterocycles. The van der Waals surface area contributed by atoms with E-state index in [1.54, 1.807) is 0 Å². The Labute approximate surface area is 73.9 Å². The first-order valence-corrected chi connectivity index (χ1v) is 4.60. The molecule has 0 atom stereocenters. The summed E-state index contributed by atoms with van der Waals surface area (Å²) < 4.78 is 0. The first-order valence-electron chi connectivity index (χ1n) is 4.60. The minimum Gasteiger partial charge on any atom is -0.0766 e. The number of benzene rings is 1. The minimum absolute atomic E-state index is 1.13. The van der Waals surface area contributed by atoms with Gasteiger partial charge in [0.15, 0.2) is 0 Å². The molecule has 1 aromatic carbocycles. The van der Waals surface area contributed by atoms with Gasteiger partial charge in [-0.25, -0.2) is 0 Å². The van der Waals surface area contributed by atoms with E-state index in [0.717, 1.165) is 12.8 Å². The summed E-state index contributed by atoms with van der Waals surface area (Å²) >= 11 is 0. The van der Waals surface area contributed by atoms with E-state index in [1.165, 1.54) is 22.3 Å². The van der Waals surface area contributed by atoms with Gasteiger partial charge in [-0.2, -0.15) is 0 Å². The molecular weight excluding hydrogens is 144 g/mol. The quantitative estimate of drug-likeness (QED) is 0.588. The molecule has 0 nitrogen and oxygen atoms in total. The standard InChI is InChI=1S/C12H14/c1-3-10-5-7-11-6-4-9(2)12(11)8-10/h4-5,7-8H,3,6H2,1-2H3. The van der Waals surface area contributed by atoms with Crippen LogP contribution in [0.15, 0.2) is 24.3 Å². The number of hydrogen-bond acceptors (Lipinski definition) is 0. The zero-order valence-electron chi connectivity index (χ0n) is 7.72. The molecule has 0 bridgehead atoms. The van der Waals surface area contributed by atoms with Crippen LogP contribution in [0.25, 0.3) is 5.57 Å². The van der Waals surface area contributed by atoms with E-state index >= 15 is 0 Å². The van der Waals surface area contributed by atoms with Crippen molar-refractivity contribution in [3.63, 3.8) is 0 Å². The van der Waals surface area contributed by atoms with Crippen molar-refractivity contribution in [2.75, 3.05) is 0 Å². The van der Waals surface area contributed by atoms with E-state index in [2.05, 4.69) is 38.1 Å². The Hall–Kier alpha value is -1.04. The molecule has 0 fully saturated rings. The zero-order valence-corrected chi connectivity index (χ0v) is 7.72. The Morgan fingerprint density at radius 2 is 2.17 bits per heavy atom. The molecular formula is C12H14. The summed E-state index contributed by atoms with van der Waals surface area (Å²) in [6, 6.07) is 6.83. The molecule has 12 heavy (non-hydrogen) atoms. The largest absolute Gasteiger partial charge is 0.0766 e. The Balaban J connectivity index is 2.50. The van der Waals surface area contributed by atoms with Crippen LogP contribution in [0.2, 0.25) is 0 Å². The van der Waals surface area contributed by atoms with E-state index in [0.29, 0.717) is 0 Å². The first kappa shape index (κ1) is 7.60. The van der Waals surface area contributed by atoms with Crippen molar-refractivity contribution in [3.8, 4) is 0 Å². The fourth-order valence-electron chi connectivity index (χ4n) is 1.76. The van der Waals surface area contributed by atoms with Crippen molar-refractivity contribution in [2.24, 2.45) is 0 Å². The maximum Gasteiger partial charge on any atom is -0.00855 e. The van der Waals surface area contributed by atoms with Crippen molar-refractivity contribution in [3.05, 3.63) is 41.0 Å². The number of rotatable bonds is 1. The van der Waals surface area contributed by atoms with Gasteiger partial charge in [-0.05, 0) is 42.0 Å². The highest BCUT2D eigenvalue weighted by Crippen LogP contribution is 2.27. The van der Waals surface area contributed by atoms with Crippen LogP contribution in [-0.4, -0.2) is 0 Å². The second-order valence-electron chi connectivity index (χ2n) is 3.44. The van der Waals surface area contributed by atoms with Crippen molar-refractivity contribution in [2.45, 2.75) is 26.7 Å². The summed E-state index contributed by atoms with van der Waals surface area (Å²) in [6.45, 7) is 4.40. The lowest BCUT2D eigenvalue weighted by molar-refractivity contribution is 1.13. The van der Waals surface area contributed by atoms with Crippen LogP contribution in [0.4, 0.5) is 0 Å². The van der Waals surface area contributed by atoms with Crippen molar-refractivity contribution >= 4 is 5.57 Å². The molecule has 0 aromatic heterocycles. The molecule has 0 aliphatic heterocycles. The van der Waals surface area contributed by atoms with Crippen molar-refractivity contribution in [1.82, 2.24) is 0 Å². The van der Waals surface area contributed by atoms with Crippen LogP contribution in [0, 0.1) is 0 Å². The third kappa shape index (κ3) is 1.08. The van der Waals surface area contributed by atoms with E-state index in [-0.39, 0.29) is 0 Å². The molecule has 1 aliphatic rings. The lowest BCUT2D eigenvalue weighted by Gasteiger charge is -2.03. The van der Waals surface area contributed by atoms with Crippen LogP contribution >= 0.6 is 0 Å². The molecule has 1 aromatic rings. The average Bonchev–Trinajstić information content (AvgIpc) is 2.47. The minimum atomic E-state index is 1.13. The number of hydrogen-bond donors (Lipinski definition) is 0. The summed E-state index contributed by atoms with van der Waals surface area (Å²) in [5.74, 6) is 0. The van der Waals surface area contributed by atoms with Crippen molar-refractivity contribution in [1.29, 1.82) is 0 Å². The van der Waals surface area contributed by atoms with Gasteiger partial charge in [0, 0.05) is 0 Å². The third-order valence-corrected chi connectivity index (χ3v) is 2.64. The molecule has 0 heteroatoms. The fourth-order valence-corrected chi connectivity index (χ4v) is 1.76. The Morgan fingerprint density at radius 1 is 1.33 bits per heavy atom. The van der Waals surface area contributed by atoms with Crippen LogP contribution in [0.3, 0.4) is 0 Å². The topological polar surface area (TPSA) is 0 Å². The van der Waals surface area contributed by atoms with Gasteiger partial charge in [-0.15, -0.1) is 0 Å². The van der Waals surface area contributed by atoms with Gasteiger partial charge in [-0.1, -0.05) is 31.2 Å². The summed E-state index contributed by atoms with van der Waals surface area (Å²) in [5.41, 5.74) is 5.85. The maximum atomic E-state index is 2.33. The van der Waals surface area contributed by atoms with Gasteiger partial charge in [0.2, 0.25) is 0 Å². The van der Waals surface area contributed by atoms with E-state index in [9.17, 15) is 0 Å². The SMILES string of the molecule is CCc1ccc2c(c1)C(C)=CC2. The van der Waals surface area contributed by atoms with Gasteiger partial charge in [0.1, 0.15) is 0 Å². The van der Waals surface area contributed by atoms with Gasteiger partial charge in [0.25, 0.3) is 0 Å². The molecule has 1 aliphatic carbocycles. The van der Waals surface area contributed by atoms with E-state index in [4.69, 9.17) is 0 Å². The lowest BCUT2D eigenvalue weighted by atomic mass is 10.0. The molecule has 0 amide bonds. The summed E-state index contributed by atoms with van der Waals surface area (Å²) in [7, 11) is 0. The second kappa shape index (κ2) is 2.78. The van der Waals surface area contributed by atoms with Gasteiger partial charge < -0.3 is 0 Å². The molecule has 0 N–H and O–H groups in total. The van der Waals surface area contributed by atoms with Crippen LogP contribution in [-0.2, 0) is 12.8 Å². The monoisotopic (exact) mass is 158 g/mol. The molecule has 0 radical (unpaired) electrons. The Kier molecular flexibility index (Phi) is 1.76. The normalized spacial score (nSPS) is 14.3. The summed E-state index contributed by atoms with van der Waals surface area (Å²) in [6.07, 6.45) is 4.58. The number of fused-ring (bicyclic) bond motifs is 1. The highest BCUT2D eigenvalue weighted by atomic mass is 14.1. The molecule has 0 unspecified atom stereocenters. The van der Waals surface area contributed by atoms with Crippen molar-refractivity contribution < 1.29 is 0 Å². The molecule has 0 saturated carbocycles. The molecule has 2 rings (SSSR count). The Bertz CT molecular complexity index is 332.